The number of carbonyl (C=O) groups is 2. The minimum Gasteiger partial charge on any atom is -0.466 e. The molecule has 3 rings (SSSR count). The van der Waals surface area contributed by atoms with Gasteiger partial charge in [0.25, 0.3) is 0 Å². The molecule has 2 heterocycles. The van der Waals surface area contributed by atoms with Crippen LogP contribution < -0.4 is 0 Å². The number of sulfonamides is 1. The van der Waals surface area contributed by atoms with Gasteiger partial charge in [-0.25, -0.2) is 12.7 Å². The van der Waals surface area contributed by atoms with Crippen molar-refractivity contribution >= 4 is 45.1 Å². The fraction of sp³-hybridized carbons (Fsp3) is 0.619. The molecule has 31 heavy (non-hydrogen) atoms. The second-order valence-corrected chi connectivity index (χ2v) is 10.8. The van der Waals surface area contributed by atoms with Crippen molar-refractivity contribution in [3.63, 3.8) is 0 Å². The number of hydrogen-bond acceptors (Lipinski definition) is 5. The van der Waals surface area contributed by atoms with Crippen molar-refractivity contribution in [1.29, 1.82) is 0 Å². The Morgan fingerprint density at radius 3 is 2.32 bits per heavy atom. The van der Waals surface area contributed by atoms with Gasteiger partial charge in [0.05, 0.1) is 24.2 Å². The van der Waals surface area contributed by atoms with E-state index >= 15 is 0 Å². The van der Waals surface area contributed by atoms with Gasteiger partial charge in [0.2, 0.25) is 15.9 Å². The first-order valence-electron chi connectivity index (χ1n) is 10.6. The van der Waals surface area contributed by atoms with E-state index < -0.39 is 10.0 Å². The summed E-state index contributed by atoms with van der Waals surface area (Å²) in [7, 11) is -3.67. The molecule has 2 aliphatic heterocycles. The van der Waals surface area contributed by atoms with Crippen LogP contribution in [0.15, 0.2) is 18.2 Å². The number of piperidine rings is 2. The number of carbonyl (C=O) groups excluding carboxylic acids is 2. The van der Waals surface area contributed by atoms with E-state index in [0.29, 0.717) is 67.5 Å². The Kier molecular flexibility index (Phi) is 8.24. The SMILES string of the molecule is CCOC(=O)C1CCN(C(=O)[C@H]2CCCN(S(=O)(=O)Cc3c(Cl)cccc3Cl)C2)CC1. The molecule has 1 amide bonds. The lowest BCUT2D eigenvalue weighted by Crippen LogP contribution is -2.49. The van der Waals surface area contributed by atoms with Gasteiger partial charge in [-0.2, -0.15) is 0 Å². The highest BCUT2D eigenvalue weighted by Crippen LogP contribution is 2.30. The summed E-state index contributed by atoms with van der Waals surface area (Å²) in [6, 6.07) is 4.89. The monoisotopic (exact) mass is 490 g/mol. The third-order valence-corrected chi connectivity index (χ3v) is 8.42. The van der Waals surface area contributed by atoms with E-state index in [1.54, 1.807) is 30.0 Å². The van der Waals surface area contributed by atoms with Crippen molar-refractivity contribution in [3.05, 3.63) is 33.8 Å². The number of benzene rings is 1. The average Bonchev–Trinajstić information content (AvgIpc) is 2.76. The molecule has 1 atom stereocenters. The van der Waals surface area contributed by atoms with Crippen LogP contribution in [-0.4, -0.2) is 62.3 Å². The van der Waals surface area contributed by atoms with Crippen LogP contribution in [-0.2, 0) is 30.1 Å². The highest BCUT2D eigenvalue weighted by Gasteiger charge is 2.36. The topological polar surface area (TPSA) is 84.0 Å². The molecule has 0 spiro atoms. The Morgan fingerprint density at radius 1 is 1.06 bits per heavy atom. The fourth-order valence-electron chi connectivity index (χ4n) is 4.19. The van der Waals surface area contributed by atoms with Crippen LogP contribution in [0.1, 0.15) is 38.2 Å². The second kappa shape index (κ2) is 10.5. The standard InChI is InChI=1S/C21H28Cl2N2O5S/c1-2-30-21(27)15-8-11-24(12-9-15)20(26)16-5-4-10-25(13-16)31(28,29)14-17-18(22)6-3-7-19(17)23/h3,6-7,15-16H,2,4-5,8-14H2,1H3/t16-/m0/s1. The molecule has 10 heteroatoms. The van der Waals surface area contributed by atoms with E-state index in [4.69, 9.17) is 27.9 Å². The summed E-state index contributed by atoms with van der Waals surface area (Å²) in [5.41, 5.74) is 0.375. The van der Waals surface area contributed by atoms with E-state index in [2.05, 4.69) is 0 Å². The second-order valence-electron chi connectivity index (χ2n) is 8.01. The zero-order chi connectivity index (χ0) is 22.6. The number of ether oxygens (including phenoxy) is 1. The minimum absolute atomic E-state index is 0.0435. The summed E-state index contributed by atoms with van der Waals surface area (Å²) in [6.45, 7) is 3.63. The molecule has 172 valence electrons. The predicted octanol–water partition coefficient (Wildman–Crippen LogP) is 3.34. The maximum atomic E-state index is 13.0. The third kappa shape index (κ3) is 5.92. The van der Waals surface area contributed by atoms with Gasteiger partial charge in [-0.1, -0.05) is 29.3 Å². The van der Waals surface area contributed by atoms with Crippen molar-refractivity contribution in [2.45, 2.75) is 38.4 Å². The fourth-order valence-corrected chi connectivity index (χ4v) is 6.56. The predicted molar refractivity (Wildman–Crippen MR) is 119 cm³/mol. The van der Waals surface area contributed by atoms with Crippen LogP contribution >= 0.6 is 23.2 Å². The van der Waals surface area contributed by atoms with E-state index in [9.17, 15) is 18.0 Å². The first-order chi connectivity index (χ1) is 14.7. The van der Waals surface area contributed by atoms with Gasteiger partial charge in [-0.05, 0) is 44.7 Å². The first kappa shape index (κ1) is 24.3. The number of rotatable bonds is 6. The summed E-state index contributed by atoms with van der Waals surface area (Å²) in [4.78, 5) is 26.7. The lowest BCUT2D eigenvalue weighted by molar-refractivity contribution is -0.152. The highest BCUT2D eigenvalue weighted by atomic mass is 35.5. The Morgan fingerprint density at radius 2 is 1.71 bits per heavy atom. The maximum Gasteiger partial charge on any atom is 0.309 e. The number of halogens is 2. The van der Waals surface area contributed by atoms with Crippen LogP contribution in [0.25, 0.3) is 0 Å². The summed E-state index contributed by atoms with van der Waals surface area (Å²) >= 11 is 12.3. The van der Waals surface area contributed by atoms with Crippen LogP contribution in [0.5, 0.6) is 0 Å². The number of nitrogens with zero attached hydrogens (tertiary/aromatic N) is 2. The van der Waals surface area contributed by atoms with Crippen molar-refractivity contribution in [3.8, 4) is 0 Å². The van der Waals surface area contributed by atoms with Crippen molar-refractivity contribution in [2.24, 2.45) is 11.8 Å². The third-order valence-electron chi connectivity index (χ3n) is 5.94. The molecule has 0 aromatic heterocycles. The summed E-state index contributed by atoms with van der Waals surface area (Å²) in [5, 5.41) is 0.621. The number of likely N-dealkylation sites (tertiary alicyclic amines) is 1. The molecular formula is C21H28Cl2N2O5S. The van der Waals surface area contributed by atoms with Crippen LogP contribution in [0.2, 0.25) is 10.0 Å². The van der Waals surface area contributed by atoms with Gasteiger partial charge < -0.3 is 9.64 Å². The van der Waals surface area contributed by atoms with E-state index in [1.165, 1.54) is 4.31 Å². The molecular weight excluding hydrogens is 463 g/mol. The van der Waals surface area contributed by atoms with E-state index in [-0.39, 0.29) is 36.0 Å². The largest absolute Gasteiger partial charge is 0.466 e. The Hall–Kier alpha value is -1.35. The molecule has 2 saturated heterocycles. The first-order valence-corrected chi connectivity index (χ1v) is 13.0. The minimum atomic E-state index is -3.67. The molecule has 0 radical (unpaired) electrons. The van der Waals surface area contributed by atoms with Crippen molar-refractivity contribution in [2.75, 3.05) is 32.8 Å². The lowest BCUT2D eigenvalue weighted by atomic mass is 9.93. The molecule has 2 fully saturated rings. The summed E-state index contributed by atoms with van der Waals surface area (Å²) < 4.78 is 32.5. The number of esters is 1. The Balaban J connectivity index is 1.61. The molecule has 0 saturated carbocycles. The summed E-state index contributed by atoms with van der Waals surface area (Å²) in [5.74, 6) is -1.10. The number of amides is 1. The molecule has 0 bridgehead atoms. The van der Waals surface area contributed by atoms with E-state index in [1.807, 2.05) is 0 Å². The Labute approximate surface area is 193 Å². The van der Waals surface area contributed by atoms with E-state index in [0.717, 1.165) is 0 Å². The van der Waals surface area contributed by atoms with Gasteiger partial charge in [0.1, 0.15) is 0 Å². The Bertz CT molecular complexity index is 896. The van der Waals surface area contributed by atoms with Gasteiger partial charge >= 0.3 is 5.97 Å². The van der Waals surface area contributed by atoms with Crippen LogP contribution in [0, 0.1) is 11.8 Å². The molecule has 1 aromatic rings. The molecule has 0 N–H and O–H groups in total. The smallest absolute Gasteiger partial charge is 0.309 e. The van der Waals surface area contributed by atoms with Crippen molar-refractivity contribution in [1.82, 2.24) is 9.21 Å². The summed E-state index contributed by atoms with van der Waals surface area (Å²) in [6.07, 6.45) is 2.41. The normalized spacial score (nSPS) is 21.1. The van der Waals surface area contributed by atoms with Gasteiger partial charge in [-0.3, -0.25) is 9.59 Å². The maximum absolute atomic E-state index is 13.0. The molecule has 7 nitrogen and oxygen atoms in total. The van der Waals surface area contributed by atoms with Gasteiger partial charge in [0.15, 0.2) is 0 Å². The zero-order valence-corrected chi connectivity index (χ0v) is 19.9. The van der Waals surface area contributed by atoms with Crippen LogP contribution in [0.4, 0.5) is 0 Å². The van der Waals surface area contributed by atoms with Crippen LogP contribution in [0.3, 0.4) is 0 Å². The zero-order valence-electron chi connectivity index (χ0n) is 17.6. The lowest BCUT2D eigenvalue weighted by Gasteiger charge is -2.37. The van der Waals surface area contributed by atoms with Gasteiger partial charge in [0, 0.05) is 41.8 Å². The number of hydrogen-bond donors (Lipinski definition) is 0. The highest BCUT2D eigenvalue weighted by molar-refractivity contribution is 7.88. The molecule has 0 aliphatic carbocycles. The quantitative estimate of drug-likeness (QED) is 0.570. The van der Waals surface area contributed by atoms with Crippen molar-refractivity contribution < 1.29 is 22.7 Å². The molecule has 0 unspecified atom stereocenters. The molecule has 1 aromatic carbocycles. The molecule has 2 aliphatic rings. The average molecular weight is 491 g/mol. The van der Waals surface area contributed by atoms with Gasteiger partial charge in [-0.15, -0.1) is 0 Å².